The number of guanidine groups is 1. The lowest BCUT2D eigenvalue weighted by atomic mass is 9.96. The van der Waals surface area contributed by atoms with Gasteiger partial charge in [0.25, 0.3) is 0 Å². The molecule has 0 radical (unpaired) electrons. The highest BCUT2D eigenvalue weighted by Gasteiger charge is 2.20. The number of likely N-dealkylation sites (tertiary alicyclic amines) is 1. The molecule has 2 saturated heterocycles. The molecular weight excluding hydrogens is 495 g/mol. The van der Waals surface area contributed by atoms with Crippen molar-refractivity contribution in [1.29, 1.82) is 0 Å². The highest BCUT2D eigenvalue weighted by atomic mass is 127. The summed E-state index contributed by atoms with van der Waals surface area (Å²) in [4.78, 5) is 7.44. The lowest BCUT2D eigenvalue weighted by Gasteiger charge is -2.31. The van der Waals surface area contributed by atoms with Gasteiger partial charge in [-0.15, -0.1) is 24.0 Å². The normalized spacial score (nSPS) is 20.9. The standard InChI is InChI=1S/C22H36N4OS.HI/c1-3-23-22(25-16-21-5-4-14-28-21)24-15-18-10-12-26(13-11-18)17-19-6-8-20(27-2)9-7-19;/h6-9,18,21H,3-5,10-17H2,1-2H3,(H2,23,24,25);1H. The van der Waals surface area contributed by atoms with E-state index in [1.54, 1.807) is 7.11 Å². The summed E-state index contributed by atoms with van der Waals surface area (Å²) in [6, 6.07) is 8.45. The van der Waals surface area contributed by atoms with Gasteiger partial charge in [-0.2, -0.15) is 11.8 Å². The van der Waals surface area contributed by atoms with E-state index < -0.39 is 0 Å². The maximum absolute atomic E-state index is 5.25. The molecule has 0 spiro atoms. The fourth-order valence-electron chi connectivity index (χ4n) is 3.89. The predicted molar refractivity (Wildman–Crippen MR) is 136 cm³/mol. The van der Waals surface area contributed by atoms with Crippen LogP contribution in [0.1, 0.15) is 38.2 Å². The zero-order valence-corrected chi connectivity index (χ0v) is 21.0. The van der Waals surface area contributed by atoms with Crippen LogP contribution in [0.25, 0.3) is 0 Å². The van der Waals surface area contributed by atoms with Crippen LogP contribution < -0.4 is 15.4 Å². The van der Waals surface area contributed by atoms with Crippen LogP contribution in [0.5, 0.6) is 5.75 Å². The van der Waals surface area contributed by atoms with E-state index >= 15 is 0 Å². The van der Waals surface area contributed by atoms with Crippen molar-refractivity contribution in [3.8, 4) is 5.75 Å². The largest absolute Gasteiger partial charge is 0.497 e. The lowest BCUT2D eigenvalue weighted by molar-refractivity contribution is 0.180. The molecule has 2 fully saturated rings. The summed E-state index contributed by atoms with van der Waals surface area (Å²) in [5.74, 6) is 3.94. The molecule has 5 nitrogen and oxygen atoms in total. The van der Waals surface area contributed by atoms with Gasteiger partial charge in [0.15, 0.2) is 5.96 Å². The highest BCUT2D eigenvalue weighted by Crippen LogP contribution is 2.25. The van der Waals surface area contributed by atoms with Crippen molar-refractivity contribution in [1.82, 2.24) is 15.5 Å². The number of rotatable bonds is 8. The third kappa shape index (κ3) is 8.53. The third-order valence-electron chi connectivity index (χ3n) is 5.65. The average Bonchev–Trinajstić information content (AvgIpc) is 3.25. The summed E-state index contributed by atoms with van der Waals surface area (Å²) in [5, 5.41) is 7.71. The van der Waals surface area contributed by atoms with Gasteiger partial charge in [0.1, 0.15) is 5.75 Å². The van der Waals surface area contributed by atoms with Crippen LogP contribution in [0.15, 0.2) is 29.3 Å². The van der Waals surface area contributed by atoms with Crippen LogP contribution in [0, 0.1) is 5.92 Å². The molecule has 2 N–H and O–H groups in total. The SMILES string of the molecule is CCNC(=NCC1CCN(Cc2ccc(OC)cc2)CC1)NCC1CCCS1.I. The first-order valence-electron chi connectivity index (χ1n) is 10.8. The average molecular weight is 533 g/mol. The van der Waals surface area contributed by atoms with E-state index in [4.69, 9.17) is 9.73 Å². The Hall–Kier alpha value is -0.670. The van der Waals surface area contributed by atoms with Gasteiger partial charge in [-0.25, -0.2) is 0 Å². The van der Waals surface area contributed by atoms with E-state index in [1.807, 2.05) is 0 Å². The molecule has 7 heteroatoms. The number of hydrogen-bond donors (Lipinski definition) is 2. The number of piperidine rings is 1. The summed E-state index contributed by atoms with van der Waals surface area (Å²) in [6.45, 7) is 8.39. The number of nitrogens with zero attached hydrogens (tertiary/aromatic N) is 2. The molecule has 0 aliphatic carbocycles. The maximum atomic E-state index is 5.25. The van der Waals surface area contributed by atoms with Crippen molar-refractivity contribution >= 4 is 41.7 Å². The van der Waals surface area contributed by atoms with Gasteiger partial charge in [-0.3, -0.25) is 9.89 Å². The van der Waals surface area contributed by atoms with Crippen LogP contribution in [0.3, 0.4) is 0 Å². The lowest BCUT2D eigenvalue weighted by Crippen LogP contribution is -2.41. The molecule has 2 heterocycles. The number of aliphatic imine (C=N–C) groups is 1. The molecule has 1 atom stereocenters. The fourth-order valence-corrected chi connectivity index (χ4v) is 5.10. The molecule has 0 bridgehead atoms. The zero-order chi connectivity index (χ0) is 19.6. The van der Waals surface area contributed by atoms with Crippen molar-refractivity contribution in [3.05, 3.63) is 29.8 Å². The van der Waals surface area contributed by atoms with Gasteiger partial charge in [0.2, 0.25) is 0 Å². The van der Waals surface area contributed by atoms with Crippen LogP contribution in [-0.4, -0.2) is 61.7 Å². The van der Waals surface area contributed by atoms with Crippen molar-refractivity contribution in [2.24, 2.45) is 10.9 Å². The van der Waals surface area contributed by atoms with Gasteiger partial charge >= 0.3 is 0 Å². The number of nitrogens with one attached hydrogen (secondary N) is 2. The smallest absolute Gasteiger partial charge is 0.191 e. The molecule has 0 saturated carbocycles. The number of halogens is 1. The van der Waals surface area contributed by atoms with Gasteiger partial charge < -0.3 is 15.4 Å². The second-order valence-electron chi connectivity index (χ2n) is 7.80. The molecule has 2 aliphatic rings. The van der Waals surface area contributed by atoms with E-state index in [9.17, 15) is 0 Å². The Morgan fingerprint density at radius 3 is 2.55 bits per heavy atom. The Balaban J connectivity index is 0.00000300. The number of hydrogen-bond acceptors (Lipinski definition) is 4. The number of thioether (sulfide) groups is 1. The first kappa shape index (κ1) is 24.6. The van der Waals surface area contributed by atoms with E-state index in [1.165, 1.54) is 37.0 Å². The first-order valence-corrected chi connectivity index (χ1v) is 11.8. The van der Waals surface area contributed by atoms with Gasteiger partial charge in [0, 0.05) is 31.4 Å². The van der Waals surface area contributed by atoms with Gasteiger partial charge in [0.05, 0.1) is 7.11 Å². The minimum Gasteiger partial charge on any atom is -0.497 e. The molecule has 1 unspecified atom stereocenters. The zero-order valence-electron chi connectivity index (χ0n) is 17.9. The molecule has 0 aromatic heterocycles. The molecular formula is C22H37IN4OS. The molecule has 2 aliphatic heterocycles. The summed E-state index contributed by atoms with van der Waals surface area (Å²) >= 11 is 2.09. The molecule has 1 aromatic rings. The number of benzene rings is 1. The third-order valence-corrected chi connectivity index (χ3v) is 7.04. The summed E-state index contributed by atoms with van der Waals surface area (Å²) in [5.41, 5.74) is 1.36. The molecule has 29 heavy (non-hydrogen) atoms. The van der Waals surface area contributed by atoms with E-state index in [-0.39, 0.29) is 24.0 Å². The second kappa shape index (κ2) is 13.6. The summed E-state index contributed by atoms with van der Waals surface area (Å²) in [6.07, 6.45) is 5.17. The van der Waals surface area contributed by atoms with Crippen LogP contribution in [0.2, 0.25) is 0 Å². The molecule has 3 rings (SSSR count). The van der Waals surface area contributed by atoms with Crippen LogP contribution in [-0.2, 0) is 6.54 Å². The Morgan fingerprint density at radius 1 is 1.17 bits per heavy atom. The van der Waals surface area contributed by atoms with Crippen molar-refractivity contribution in [2.75, 3.05) is 45.6 Å². The van der Waals surface area contributed by atoms with Crippen molar-refractivity contribution in [2.45, 2.75) is 44.4 Å². The first-order chi connectivity index (χ1) is 13.8. The fraction of sp³-hybridized carbons (Fsp3) is 0.682. The van der Waals surface area contributed by atoms with E-state index in [0.717, 1.165) is 56.2 Å². The van der Waals surface area contributed by atoms with E-state index in [0.29, 0.717) is 5.92 Å². The summed E-state index contributed by atoms with van der Waals surface area (Å²) < 4.78 is 5.25. The molecule has 1 aromatic carbocycles. The minimum absolute atomic E-state index is 0. The van der Waals surface area contributed by atoms with Crippen LogP contribution in [0.4, 0.5) is 0 Å². The topological polar surface area (TPSA) is 48.9 Å². The second-order valence-corrected chi connectivity index (χ2v) is 9.21. The molecule has 0 amide bonds. The minimum atomic E-state index is 0. The Labute approximate surface area is 197 Å². The Morgan fingerprint density at radius 2 is 1.93 bits per heavy atom. The quantitative estimate of drug-likeness (QED) is 0.302. The van der Waals surface area contributed by atoms with Gasteiger partial charge in [-0.1, -0.05) is 12.1 Å². The van der Waals surface area contributed by atoms with Crippen molar-refractivity contribution in [3.63, 3.8) is 0 Å². The number of ether oxygens (including phenoxy) is 1. The monoisotopic (exact) mass is 532 g/mol. The van der Waals surface area contributed by atoms with Crippen molar-refractivity contribution < 1.29 is 4.74 Å². The molecule has 164 valence electrons. The Kier molecular flexibility index (Phi) is 11.5. The van der Waals surface area contributed by atoms with Gasteiger partial charge in [-0.05, 0) is 75.1 Å². The highest BCUT2D eigenvalue weighted by molar-refractivity contribution is 14.0. The predicted octanol–water partition coefficient (Wildman–Crippen LogP) is 3.98. The van der Waals surface area contributed by atoms with E-state index in [2.05, 4.69) is 58.5 Å². The Bertz CT molecular complexity index is 599. The number of methoxy groups -OCH3 is 1. The summed E-state index contributed by atoms with van der Waals surface area (Å²) in [7, 11) is 1.72. The maximum Gasteiger partial charge on any atom is 0.191 e. The van der Waals surface area contributed by atoms with Crippen LogP contribution >= 0.6 is 35.7 Å².